The van der Waals surface area contributed by atoms with E-state index in [1.807, 2.05) is 19.9 Å². The van der Waals surface area contributed by atoms with Crippen molar-refractivity contribution in [2.24, 2.45) is 5.92 Å². The first-order chi connectivity index (χ1) is 11.9. The van der Waals surface area contributed by atoms with E-state index in [0.717, 1.165) is 5.56 Å². The van der Waals surface area contributed by atoms with E-state index in [2.05, 4.69) is 4.98 Å². The van der Waals surface area contributed by atoms with Crippen LogP contribution >= 0.6 is 0 Å². The number of H-pyrrole nitrogens is 1. The monoisotopic (exact) mass is 349 g/mol. The normalized spacial score (nSPS) is 16.0. The van der Waals surface area contributed by atoms with Gasteiger partial charge in [-0.05, 0) is 43.4 Å². The average molecular weight is 349 g/mol. The van der Waals surface area contributed by atoms with Gasteiger partial charge in [0, 0.05) is 19.1 Å². The van der Waals surface area contributed by atoms with Gasteiger partial charge in [0.25, 0.3) is 0 Å². The number of imidazole rings is 1. The van der Waals surface area contributed by atoms with Gasteiger partial charge in [0.1, 0.15) is 11.3 Å². The minimum absolute atomic E-state index is 0.0587. The summed E-state index contributed by atoms with van der Waals surface area (Å²) in [6.07, 6.45) is 0.971. The summed E-state index contributed by atoms with van der Waals surface area (Å²) in [7, 11) is 0. The molecule has 1 aliphatic heterocycles. The maximum absolute atomic E-state index is 14.1. The van der Waals surface area contributed by atoms with Gasteiger partial charge < -0.3 is 14.6 Å². The lowest BCUT2D eigenvalue weighted by Crippen LogP contribution is -2.41. The zero-order valence-electron chi connectivity index (χ0n) is 14.8. The standard InChI is InChI=1S/C18H24FN3O3/c1-11(2)10-25-18(24)21-6-4-13(5-7-21)22-15-9-12(3)8-14(19)16(15)20-17(22)23/h8-9,11,13H,4-7,10H2,1-3H3,(H,20,23). The second kappa shape index (κ2) is 6.90. The fourth-order valence-electron chi connectivity index (χ4n) is 3.31. The lowest BCUT2D eigenvalue weighted by atomic mass is 10.0. The van der Waals surface area contributed by atoms with Crippen molar-refractivity contribution in [1.29, 1.82) is 0 Å². The number of halogens is 1. The number of hydrogen-bond donors (Lipinski definition) is 1. The van der Waals surface area contributed by atoms with Gasteiger partial charge in [-0.2, -0.15) is 0 Å². The van der Waals surface area contributed by atoms with Crippen LogP contribution in [0.15, 0.2) is 16.9 Å². The summed E-state index contributed by atoms with van der Waals surface area (Å²) < 4.78 is 21.0. The first-order valence-electron chi connectivity index (χ1n) is 8.69. The van der Waals surface area contributed by atoms with Gasteiger partial charge in [-0.3, -0.25) is 4.57 Å². The molecule has 0 saturated carbocycles. The summed E-state index contributed by atoms with van der Waals surface area (Å²) in [4.78, 5) is 28.7. The highest BCUT2D eigenvalue weighted by Crippen LogP contribution is 2.26. The highest BCUT2D eigenvalue weighted by molar-refractivity contribution is 5.77. The summed E-state index contributed by atoms with van der Waals surface area (Å²) in [5.74, 6) is -0.120. The number of likely N-dealkylation sites (tertiary alicyclic amines) is 1. The molecule has 1 aliphatic rings. The van der Waals surface area contributed by atoms with Crippen LogP contribution in [0.3, 0.4) is 0 Å². The Labute approximate surface area is 145 Å². The third-order valence-electron chi connectivity index (χ3n) is 4.55. The molecule has 136 valence electrons. The Bertz CT molecular complexity index is 832. The van der Waals surface area contributed by atoms with Crippen LogP contribution in [-0.2, 0) is 4.74 Å². The smallest absolute Gasteiger partial charge is 0.409 e. The van der Waals surface area contributed by atoms with Crippen molar-refractivity contribution in [1.82, 2.24) is 14.5 Å². The number of fused-ring (bicyclic) bond motifs is 1. The summed E-state index contributed by atoms with van der Waals surface area (Å²) in [5, 5.41) is 0. The van der Waals surface area contributed by atoms with Gasteiger partial charge in [-0.15, -0.1) is 0 Å². The molecule has 6 nitrogen and oxygen atoms in total. The number of rotatable bonds is 3. The van der Waals surface area contributed by atoms with Crippen LogP contribution in [0.5, 0.6) is 0 Å². The molecule has 1 aromatic heterocycles. The maximum atomic E-state index is 14.1. The topological polar surface area (TPSA) is 67.3 Å². The molecule has 0 unspecified atom stereocenters. The molecule has 2 aromatic rings. The number of carbonyl (C=O) groups excluding carboxylic acids is 1. The largest absolute Gasteiger partial charge is 0.449 e. The van der Waals surface area contributed by atoms with E-state index in [1.54, 1.807) is 16.4 Å². The highest BCUT2D eigenvalue weighted by atomic mass is 19.1. The Morgan fingerprint density at radius 2 is 2.04 bits per heavy atom. The maximum Gasteiger partial charge on any atom is 0.409 e. The molecular weight excluding hydrogens is 325 g/mol. The van der Waals surface area contributed by atoms with Crippen LogP contribution in [0.4, 0.5) is 9.18 Å². The van der Waals surface area contributed by atoms with Crippen molar-refractivity contribution in [3.63, 3.8) is 0 Å². The van der Waals surface area contributed by atoms with Crippen LogP contribution < -0.4 is 5.69 Å². The molecule has 7 heteroatoms. The highest BCUT2D eigenvalue weighted by Gasteiger charge is 2.27. The second-order valence-electron chi connectivity index (χ2n) is 7.13. The number of piperidine rings is 1. The molecule has 3 rings (SSSR count). The summed E-state index contributed by atoms with van der Waals surface area (Å²) in [6.45, 7) is 7.23. The molecule has 0 bridgehead atoms. The summed E-state index contributed by atoms with van der Waals surface area (Å²) in [6, 6.07) is 3.17. The minimum atomic E-state index is -0.416. The van der Waals surface area contributed by atoms with E-state index >= 15 is 0 Å². The fourth-order valence-corrected chi connectivity index (χ4v) is 3.31. The first-order valence-corrected chi connectivity index (χ1v) is 8.69. The van der Waals surface area contributed by atoms with Crippen molar-refractivity contribution in [2.75, 3.05) is 19.7 Å². The zero-order valence-corrected chi connectivity index (χ0v) is 14.8. The predicted octanol–water partition coefficient (Wildman–Crippen LogP) is 3.21. The number of carbonyl (C=O) groups is 1. The quantitative estimate of drug-likeness (QED) is 0.925. The molecule has 0 spiro atoms. The number of nitrogens with one attached hydrogen (secondary N) is 1. The van der Waals surface area contributed by atoms with E-state index in [4.69, 9.17) is 4.74 Å². The Hall–Kier alpha value is -2.31. The van der Waals surface area contributed by atoms with Crippen LogP contribution in [0.2, 0.25) is 0 Å². The van der Waals surface area contributed by atoms with Gasteiger partial charge in [0.2, 0.25) is 0 Å². The molecule has 1 aromatic carbocycles. The molecule has 1 amide bonds. The molecule has 1 saturated heterocycles. The van der Waals surface area contributed by atoms with E-state index in [9.17, 15) is 14.0 Å². The van der Waals surface area contributed by atoms with E-state index in [1.165, 1.54) is 6.07 Å². The van der Waals surface area contributed by atoms with Gasteiger partial charge in [-0.1, -0.05) is 13.8 Å². The van der Waals surface area contributed by atoms with Crippen LogP contribution in [-0.4, -0.2) is 40.2 Å². The first kappa shape index (κ1) is 17.5. The number of benzene rings is 1. The SMILES string of the molecule is Cc1cc(F)c2[nH]c(=O)n(C3CCN(C(=O)OCC(C)C)CC3)c2c1. The predicted molar refractivity (Wildman–Crippen MR) is 93.3 cm³/mol. The zero-order chi connectivity index (χ0) is 18.1. The molecule has 0 radical (unpaired) electrons. The lowest BCUT2D eigenvalue weighted by Gasteiger charge is -2.32. The number of amides is 1. The van der Waals surface area contributed by atoms with Gasteiger partial charge in [0.05, 0.1) is 12.1 Å². The second-order valence-corrected chi connectivity index (χ2v) is 7.13. The minimum Gasteiger partial charge on any atom is -0.449 e. The third-order valence-corrected chi connectivity index (χ3v) is 4.55. The van der Waals surface area contributed by atoms with Crippen LogP contribution in [0.25, 0.3) is 11.0 Å². The Kier molecular flexibility index (Phi) is 4.83. The molecular formula is C18H24FN3O3. The van der Waals surface area contributed by atoms with Gasteiger partial charge in [-0.25, -0.2) is 14.0 Å². The van der Waals surface area contributed by atoms with Crippen LogP contribution in [0, 0.1) is 18.7 Å². The molecule has 25 heavy (non-hydrogen) atoms. The Morgan fingerprint density at radius 3 is 2.68 bits per heavy atom. The fraction of sp³-hybridized carbons (Fsp3) is 0.556. The van der Waals surface area contributed by atoms with Crippen molar-refractivity contribution < 1.29 is 13.9 Å². The Balaban J connectivity index is 1.75. The average Bonchev–Trinajstić information content (AvgIpc) is 2.89. The van der Waals surface area contributed by atoms with Gasteiger partial charge in [0.15, 0.2) is 0 Å². The molecule has 1 fully saturated rings. The van der Waals surface area contributed by atoms with E-state index in [0.29, 0.717) is 44.0 Å². The Morgan fingerprint density at radius 1 is 1.36 bits per heavy atom. The number of aromatic nitrogens is 2. The molecule has 2 heterocycles. The van der Waals surface area contributed by atoms with Crippen LogP contribution in [0.1, 0.15) is 38.3 Å². The summed E-state index contributed by atoms with van der Waals surface area (Å²) >= 11 is 0. The molecule has 1 N–H and O–H groups in total. The van der Waals surface area contributed by atoms with Crippen molar-refractivity contribution >= 4 is 17.1 Å². The van der Waals surface area contributed by atoms with E-state index in [-0.39, 0.29) is 23.3 Å². The van der Waals surface area contributed by atoms with E-state index < -0.39 is 5.82 Å². The molecule has 0 aliphatic carbocycles. The third kappa shape index (κ3) is 3.55. The van der Waals surface area contributed by atoms with Gasteiger partial charge >= 0.3 is 11.8 Å². The summed E-state index contributed by atoms with van der Waals surface area (Å²) in [5.41, 5.74) is 1.30. The number of aromatic amines is 1. The van der Waals surface area contributed by atoms with Crippen molar-refractivity contribution in [2.45, 2.75) is 39.7 Å². The van der Waals surface area contributed by atoms with Crippen molar-refractivity contribution in [3.8, 4) is 0 Å². The number of nitrogens with zero attached hydrogens (tertiary/aromatic N) is 2. The number of aryl methyl sites for hydroxylation is 1. The van der Waals surface area contributed by atoms with Crippen molar-refractivity contribution in [3.05, 3.63) is 34.0 Å². The number of ether oxygens (including phenoxy) is 1. The lowest BCUT2D eigenvalue weighted by molar-refractivity contribution is 0.0798. The molecule has 0 atom stereocenters. The number of hydrogen-bond acceptors (Lipinski definition) is 3.